The van der Waals surface area contributed by atoms with E-state index in [-0.39, 0.29) is 6.04 Å². The van der Waals surface area contributed by atoms with Crippen LogP contribution in [0.4, 0.5) is 0 Å². The highest BCUT2D eigenvalue weighted by Gasteiger charge is 2.36. The summed E-state index contributed by atoms with van der Waals surface area (Å²) in [5.41, 5.74) is 10.6. The Morgan fingerprint density at radius 2 is 1.19 bits per heavy atom. The monoisotopic (exact) mass is 746 g/mol. The van der Waals surface area contributed by atoms with E-state index in [9.17, 15) is 0 Å². The van der Waals surface area contributed by atoms with E-state index in [4.69, 9.17) is 19.7 Å². The van der Waals surface area contributed by atoms with Gasteiger partial charge < -0.3 is 9.64 Å². The molecule has 3 heterocycles. The molecule has 0 amide bonds. The second-order valence-corrected chi connectivity index (χ2v) is 15.2. The van der Waals surface area contributed by atoms with E-state index in [1.165, 1.54) is 27.1 Å². The number of allylic oxidation sites excluding steroid dienone is 6. The van der Waals surface area contributed by atoms with E-state index >= 15 is 0 Å². The van der Waals surface area contributed by atoms with Crippen LogP contribution in [0.2, 0.25) is 0 Å². The lowest BCUT2D eigenvalue weighted by Gasteiger charge is -2.28. The molecule has 11 rings (SSSR count). The highest BCUT2D eigenvalue weighted by Crippen LogP contribution is 2.48. The Labute approximate surface area is 337 Å². The molecule has 0 saturated heterocycles. The third kappa shape index (κ3) is 5.91. The van der Waals surface area contributed by atoms with Crippen LogP contribution < -0.4 is 4.74 Å². The molecule has 5 nitrogen and oxygen atoms in total. The fraction of sp³-hybridized carbons (Fsp3) is 0.0755. The summed E-state index contributed by atoms with van der Waals surface area (Å²) >= 11 is 0. The first-order chi connectivity index (χ1) is 28.6. The summed E-state index contributed by atoms with van der Waals surface area (Å²) in [5, 5.41) is 4.84. The molecule has 1 aromatic heterocycles. The Kier molecular flexibility index (Phi) is 8.18. The Hall–Kier alpha value is -7.37. The standard InChI is InChI=1S/C53H38N4O/c1-57-29-28-43(50-49(57)46-22-12-13-23-48(46)58-50)39-30-40(47-33-38-18-8-9-19-42(38)44-20-10-11-21-45(44)47)32-41(31-39)53-55-51(36-16-6-3-7-17-36)54-52(56-53)37-26-24-35(25-27-37)34-14-4-2-5-15-34/h2,4-6,8-33,49H,3,7H2,1H3. The van der Waals surface area contributed by atoms with Gasteiger partial charge in [0.1, 0.15) is 17.6 Å². The van der Waals surface area contributed by atoms with E-state index in [0.717, 1.165) is 74.4 Å². The minimum absolute atomic E-state index is 0.0240. The minimum Gasteiger partial charge on any atom is -0.458 e. The van der Waals surface area contributed by atoms with Gasteiger partial charge in [-0.05, 0) is 98.6 Å². The van der Waals surface area contributed by atoms with Crippen molar-refractivity contribution in [3.8, 4) is 50.8 Å². The molecule has 0 spiro atoms. The largest absolute Gasteiger partial charge is 0.458 e. The number of para-hydroxylation sites is 1. The van der Waals surface area contributed by atoms with Gasteiger partial charge >= 0.3 is 0 Å². The number of ether oxygens (including phenoxy) is 1. The normalized spacial score (nSPS) is 15.7. The first-order valence-corrected chi connectivity index (χ1v) is 19.9. The summed E-state index contributed by atoms with van der Waals surface area (Å²) in [4.78, 5) is 17.9. The highest BCUT2D eigenvalue weighted by atomic mass is 16.5. The molecular weight excluding hydrogens is 709 g/mol. The number of hydrogen-bond donors (Lipinski definition) is 0. The molecule has 0 saturated carbocycles. The molecule has 0 fully saturated rings. The average Bonchev–Trinajstić information content (AvgIpc) is 3.70. The third-order valence-corrected chi connectivity index (χ3v) is 11.6. The summed E-state index contributed by atoms with van der Waals surface area (Å²) < 4.78 is 6.71. The fourth-order valence-electron chi connectivity index (χ4n) is 8.67. The number of nitrogens with zero attached hydrogens (tertiary/aromatic N) is 4. The van der Waals surface area contributed by atoms with Crippen LogP contribution in [0.5, 0.6) is 5.75 Å². The summed E-state index contributed by atoms with van der Waals surface area (Å²) in [5.74, 6) is 3.74. The van der Waals surface area contributed by atoms with Crippen LogP contribution in [0.15, 0.2) is 188 Å². The quantitative estimate of drug-likeness (QED) is 0.159. The van der Waals surface area contributed by atoms with Gasteiger partial charge in [0, 0.05) is 41.1 Å². The van der Waals surface area contributed by atoms with Gasteiger partial charge in [0.2, 0.25) is 0 Å². The Bertz CT molecular complexity index is 3050. The van der Waals surface area contributed by atoms with Gasteiger partial charge in [-0.3, -0.25) is 0 Å². The zero-order chi connectivity index (χ0) is 38.6. The van der Waals surface area contributed by atoms with Gasteiger partial charge in [0.05, 0.1) is 0 Å². The van der Waals surface area contributed by atoms with Crippen molar-refractivity contribution in [1.82, 2.24) is 19.9 Å². The molecule has 58 heavy (non-hydrogen) atoms. The lowest BCUT2D eigenvalue weighted by Crippen LogP contribution is -2.22. The van der Waals surface area contributed by atoms with Crippen molar-refractivity contribution in [3.05, 3.63) is 205 Å². The second kappa shape index (κ2) is 14.0. The minimum atomic E-state index is -0.0240. The average molecular weight is 747 g/mol. The Morgan fingerprint density at radius 1 is 0.534 bits per heavy atom. The molecule has 5 heteroatoms. The van der Waals surface area contributed by atoms with Crippen LogP contribution in [-0.2, 0) is 0 Å². The van der Waals surface area contributed by atoms with E-state index in [1.807, 2.05) is 12.1 Å². The summed E-state index contributed by atoms with van der Waals surface area (Å²) in [6, 6.07) is 53.7. The van der Waals surface area contributed by atoms with E-state index in [2.05, 4.69) is 182 Å². The van der Waals surface area contributed by atoms with Crippen LogP contribution in [-0.4, -0.2) is 26.9 Å². The van der Waals surface area contributed by atoms with Crippen molar-refractivity contribution in [2.45, 2.75) is 18.9 Å². The van der Waals surface area contributed by atoms with Crippen molar-refractivity contribution < 1.29 is 4.74 Å². The van der Waals surface area contributed by atoms with Gasteiger partial charge in [0.25, 0.3) is 0 Å². The molecule has 7 aromatic carbocycles. The van der Waals surface area contributed by atoms with Crippen LogP contribution in [0, 0.1) is 0 Å². The zero-order valence-corrected chi connectivity index (χ0v) is 32.0. The fourth-order valence-corrected chi connectivity index (χ4v) is 8.67. The van der Waals surface area contributed by atoms with Gasteiger partial charge in [-0.25, -0.2) is 15.0 Å². The van der Waals surface area contributed by atoms with Gasteiger partial charge in [0.15, 0.2) is 17.5 Å². The van der Waals surface area contributed by atoms with Gasteiger partial charge in [-0.2, -0.15) is 0 Å². The maximum Gasteiger partial charge on any atom is 0.164 e. The van der Waals surface area contributed by atoms with Crippen molar-refractivity contribution in [2.24, 2.45) is 0 Å². The highest BCUT2D eigenvalue weighted by molar-refractivity contribution is 6.14. The molecule has 2 aliphatic heterocycles. The number of likely N-dealkylation sites (N-methyl/N-ethyl adjacent to an activating group) is 1. The van der Waals surface area contributed by atoms with Crippen LogP contribution >= 0.6 is 0 Å². The lowest BCUT2D eigenvalue weighted by atomic mass is 9.89. The molecule has 0 bridgehead atoms. The van der Waals surface area contributed by atoms with E-state index < -0.39 is 0 Å². The van der Waals surface area contributed by atoms with Gasteiger partial charge in [-0.15, -0.1) is 0 Å². The molecule has 1 atom stereocenters. The molecule has 0 radical (unpaired) electrons. The zero-order valence-electron chi connectivity index (χ0n) is 32.0. The Morgan fingerprint density at radius 3 is 2.02 bits per heavy atom. The van der Waals surface area contributed by atoms with Crippen molar-refractivity contribution in [3.63, 3.8) is 0 Å². The second-order valence-electron chi connectivity index (χ2n) is 15.2. The maximum absolute atomic E-state index is 6.71. The molecule has 8 aromatic rings. The number of hydrogen-bond acceptors (Lipinski definition) is 5. The third-order valence-electron chi connectivity index (χ3n) is 11.6. The molecule has 276 valence electrons. The summed E-state index contributed by atoms with van der Waals surface area (Å²) in [6.07, 6.45) is 12.9. The molecule has 3 aliphatic rings. The lowest BCUT2D eigenvalue weighted by molar-refractivity contribution is 0.317. The van der Waals surface area contributed by atoms with E-state index in [1.54, 1.807) is 0 Å². The van der Waals surface area contributed by atoms with Crippen molar-refractivity contribution in [2.75, 3.05) is 7.05 Å². The SMILES string of the molecule is CN1C=CC(c2cc(-c3nc(C4=CCCC=C4)nc(-c4ccc(-c5ccccc5)cc4)n3)cc(-c3cc4ccccc4c4ccccc34)c2)=C2Oc3ccccc3C21. The topological polar surface area (TPSA) is 51.1 Å². The molecule has 1 aliphatic carbocycles. The number of benzene rings is 7. The van der Waals surface area contributed by atoms with Crippen molar-refractivity contribution >= 4 is 32.7 Å². The molecule has 1 unspecified atom stereocenters. The van der Waals surface area contributed by atoms with Crippen LogP contribution in [0.3, 0.4) is 0 Å². The summed E-state index contributed by atoms with van der Waals surface area (Å²) in [7, 11) is 2.11. The predicted octanol–water partition coefficient (Wildman–Crippen LogP) is 12.9. The predicted molar refractivity (Wildman–Crippen MR) is 237 cm³/mol. The molecule has 0 N–H and O–H groups in total. The van der Waals surface area contributed by atoms with Gasteiger partial charge in [-0.1, -0.05) is 140 Å². The van der Waals surface area contributed by atoms with Crippen molar-refractivity contribution in [1.29, 1.82) is 0 Å². The smallest absolute Gasteiger partial charge is 0.164 e. The Balaban J connectivity index is 1.14. The number of rotatable bonds is 6. The number of aromatic nitrogens is 3. The van der Waals surface area contributed by atoms with Crippen LogP contribution in [0.25, 0.3) is 77.7 Å². The first kappa shape index (κ1) is 33.9. The maximum atomic E-state index is 6.71. The number of fused-ring (bicyclic) bond motifs is 6. The van der Waals surface area contributed by atoms with Crippen LogP contribution in [0.1, 0.15) is 35.8 Å². The summed E-state index contributed by atoms with van der Waals surface area (Å²) in [6.45, 7) is 0. The molecular formula is C53H38N4O. The van der Waals surface area contributed by atoms with E-state index in [0.29, 0.717) is 17.5 Å². The first-order valence-electron chi connectivity index (χ1n) is 19.9.